The van der Waals surface area contributed by atoms with Crippen LogP contribution in [0.2, 0.25) is 17.3 Å². The zero-order valence-corrected chi connectivity index (χ0v) is 37.7. The molecule has 0 aliphatic rings. The maximum Gasteiger partial charge on any atom is 0 e. The standard InChI is InChI=1S/C32H31GeN2S.C13H24O2.Ir/c1-20(2)16-21-17-25-24-12-9-15-34-32(24)36-31(25)26(18-21)29-19-27(33(3,4)5)30-23-11-8-7-10-22(23)13-14-28(30)35(29)6;1-5-10(6-2)12(14)9-13(15)11(7-3)8-4;/h7-15,17,19-20H,6,16H2,1-5H3;9-11,14H,5-8H2,1-4H3;/q-1;;/b;12-9-;. The van der Waals surface area contributed by atoms with E-state index in [0.29, 0.717) is 5.92 Å². The van der Waals surface area contributed by atoms with Gasteiger partial charge in [0.15, 0.2) is 5.78 Å². The predicted molar refractivity (Wildman–Crippen MR) is 223 cm³/mol. The quantitative estimate of drug-likeness (QED) is 0.0352. The number of aromatic nitrogens is 2. The number of hydrogen-bond donors (Lipinski definition) is 1. The van der Waals surface area contributed by atoms with Gasteiger partial charge in [0.25, 0.3) is 0 Å². The third-order valence-corrected chi connectivity index (χ3v) is 15.5. The van der Waals surface area contributed by atoms with Crippen LogP contribution in [-0.2, 0) is 31.3 Å². The van der Waals surface area contributed by atoms with Crippen LogP contribution in [0.3, 0.4) is 0 Å². The molecule has 0 fully saturated rings. The molecule has 0 amide bonds. The van der Waals surface area contributed by atoms with Gasteiger partial charge in [0, 0.05) is 38.0 Å². The van der Waals surface area contributed by atoms with Gasteiger partial charge in [0.2, 0.25) is 0 Å². The van der Waals surface area contributed by atoms with E-state index in [4.69, 9.17) is 4.98 Å². The molecule has 1 radical (unpaired) electrons. The zero-order chi connectivity index (χ0) is 37.0. The normalized spacial score (nSPS) is 12.3. The number of carbonyl (C=O) groups excluding carboxylic acids is 1. The Hall–Kier alpha value is -3.03. The van der Waals surface area contributed by atoms with Crippen molar-refractivity contribution in [1.82, 2.24) is 4.98 Å². The predicted octanol–water partition coefficient (Wildman–Crippen LogP) is 11.8. The molecule has 0 spiro atoms. The third-order valence-electron chi connectivity index (χ3n) is 10.1. The summed E-state index contributed by atoms with van der Waals surface area (Å²) in [4.78, 5) is 17.5. The summed E-state index contributed by atoms with van der Waals surface area (Å²) in [6.07, 6.45) is 7.80. The molecule has 0 saturated carbocycles. The Kier molecular flexibility index (Phi) is 14.3. The number of aliphatic hydroxyl groups excluding tert-OH is 1. The molecule has 3 aromatic carbocycles. The third kappa shape index (κ3) is 8.84. The number of hydrogen-bond acceptors (Lipinski definition) is 4. The molecule has 0 saturated heterocycles. The number of thiophene rings is 1. The minimum absolute atomic E-state index is 0. The number of fused-ring (bicyclic) bond motifs is 6. The van der Waals surface area contributed by atoms with Crippen molar-refractivity contribution in [2.45, 2.75) is 90.9 Å². The molecule has 0 aliphatic carbocycles. The minimum atomic E-state index is -2.29. The number of rotatable bonds is 11. The number of allylic oxidation sites excluding steroid dienone is 2. The first-order chi connectivity index (χ1) is 24.3. The van der Waals surface area contributed by atoms with Crippen LogP contribution in [0.5, 0.6) is 0 Å². The molecule has 0 atom stereocenters. The van der Waals surface area contributed by atoms with Crippen LogP contribution in [0.1, 0.15) is 72.8 Å². The summed E-state index contributed by atoms with van der Waals surface area (Å²) in [5, 5.41) is 16.2. The van der Waals surface area contributed by atoms with Crippen molar-refractivity contribution >= 4 is 76.8 Å². The molecule has 0 bridgehead atoms. The summed E-state index contributed by atoms with van der Waals surface area (Å²) in [6.45, 7) is 12.6. The number of aliphatic hydroxyl groups is 1. The Bertz CT molecular complexity index is 2210. The van der Waals surface area contributed by atoms with Gasteiger partial charge in [0.1, 0.15) is 0 Å². The monoisotopic (exact) mass is 954 g/mol. The van der Waals surface area contributed by atoms with Crippen molar-refractivity contribution in [2.24, 2.45) is 17.8 Å². The second-order valence-electron chi connectivity index (χ2n) is 15.3. The van der Waals surface area contributed by atoms with Gasteiger partial charge in [-0.2, -0.15) is 0 Å². The first kappa shape index (κ1) is 41.7. The van der Waals surface area contributed by atoms with Crippen molar-refractivity contribution in [1.29, 1.82) is 0 Å². The largest absolute Gasteiger partial charge is 0 e. The van der Waals surface area contributed by atoms with Crippen LogP contribution < -0.4 is 8.96 Å². The van der Waals surface area contributed by atoms with Gasteiger partial charge in [-0.25, -0.2) is 0 Å². The van der Waals surface area contributed by atoms with E-state index < -0.39 is 13.3 Å². The molecule has 3 aromatic heterocycles. The Morgan fingerprint density at radius 3 is 2.21 bits per heavy atom. The molecule has 6 aromatic rings. The van der Waals surface area contributed by atoms with E-state index in [2.05, 4.69) is 103 Å². The van der Waals surface area contributed by atoms with Crippen LogP contribution >= 0.6 is 11.3 Å². The van der Waals surface area contributed by atoms with Gasteiger partial charge in [-0.05, 0) is 25.7 Å². The van der Waals surface area contributed by atoms with E-state index in [1.165, 1.54) is 53.2 Å². The number of carbonyl (C=O) groups is 1. The number of ketones is 1. The summed E-state index contributed by atoms with van der Waals surface area (Å²) in [5.74, 6) is 8.58. The van der Waals surface area contributed by atoms with Gasteiger partial charge >= 0.3 is 221 Å². The van der Waals surface area contributed by atoms with Gasteiger partial charge < -0.3 is 5.11 Å². The van der Waals surface area contributed by atoms with Gasteiger partial charge in [0.05, 0.1) is 5.76 Å². The average Bonchev–Trinajstić information content (AvgIpc) is 3.47. The maximum atomic E-state index is 11.7. The first-order valence-corrected chi connectivity index (χ1v) is 26.9. The number of benzene rings is 3. The smallest absolute Gasteiger partial charge is 0 e. The molecule has 0 unspecified atom stereocenters. The SMILES string of the molecule is CCC(CC)C(=O)/C=C(\O)C(CC)CC.[CH2-][n+]1c(-c2[c-]c(CC(C)C)cc3c2sc2ncccc23)c[c]([Ge]([CH3])([CH3])[CH3])c2c3ccccc3ccc21.[Ir]. The van der Waals surface area contributed by atoms with Crippen LogP contribution in [0, 0.1) is 30.9 Å². The Labute approximate surface area is 331 Å². The van der Waals surface area contributed by atoms with Crippen LogP contribution in [0.4, 0.5) is 0 Å². The van der Waals surface area contributed by atoms with E-state index in [-0.39, 0.29) is 43.5 Å². The Morgan fingerprint density at radius 2 is 1.58 bits per heavy atom. The number of pyridine rings is 2. The average molecular weight is 953 g/mol. The summed E-state index contributed by atoms with van der Waals surface area (Å²) in [5.41, 5.74) is 4.75. The van der Waals surface area contributed by atoms with E-state index >= 15 is 0 Å². The molecular formula is C45H55GeIrN2O2S-. The van der Waals surface area contributed by atoms with Crippen LogP contribution in [0.15, 0.2) is 78.7 Å². The van der Waals surface area contributed by atoms with Gasteiger partial charge in [-0.15, -0.1) is 0 Å². The van der Waals surface area contributed by atoms with Crippen molar-refractivity contribution < 1.29 is 34.6 Å². The maximum absolute atomic E-state index is 11.7. The Balaban J connectivity index is 0.000000323. The molecule has 6 rings (SSSR count). The van der Waals surface area contributed by atoms with E-state index in [0.717, 1.165) is 48.2 Å². The molecule has 277 valence electrons. The summed E-state index contributed by atoms with van der Waals surface area (Å²) < 4.78 is 4.93. The first-order valence-electron chi connectivity index (χ1n) is 18.7. The topological polar surface area (TPSA) is 54.1 Å². The molecular weight excluding hydrogens is 897 g/mol. The van der Waals surface area contributed by atoms with E-state index in [1.807, 2.05) is 40.0 Å². The van der Waals surface area contributed by atoms with Crippen LogP contribution in [-0.4, -0.2) is 29.1 Å². The fraction of sp³-hybridized carbons (Fsp3) is 0.378. The molecule has 0 aliphatic heterocycles. The summed E-state index contributed by atoms with van der Waals surface area (Å²) in [7, 11) is 4.61. The minimum Gasteiger partial charge on any atom is 0 e. The summed E-state index contributed by atoms with van der Waals surface area (Å²) >= 11 is -0.516. The fourth-order valence-corrected chi connectivity index (χ4v) is 11.7. The molecule has 7 heteroatoms. The van der Waals surface area contributed by atoms with Crippen molar-refractivity contribution in [3.8, 4) is 11.3 Å². The molecule has 52 heavy (non-hydrogen) atoms. The van der Waals surface area contributed by atoms with Crippen molar-refractivity contribution in [3.05, 3.63) is 97.4 Å². The van der Waals surface area contributed by atoms with Crippen molar-refractivity contribution in [3.63, 3.8) is 0 Å². The second kappa shape index (κ2) is 17.9. The fourth-order valence-electron chi connectivity index (χ4n) is 7.20. The van der Waals surface area contributed by atoms with Gasteiger partial charge in [-0.3, -0.25) is 4.79 Å². The van der Waals surface area contributed by atoms with Crippen molar-refractivity contribution in [2.75, 3.05) is 0 Å². The molecule has 1 N–H and O–H groups in total. The van der Waals surface area contributed by atoms with Crippen LogP contribution in [0.25, 0.3) is 53.2 Å². The van der Waals surface area contributed by atoms with E-state index in [1.54, 1.807) is 11.3 Å². The van der Waals surface area contributed by atoms with E-state index in [9.17, 15) is 9.90 Å². The zero-order valence-electron chi connectivity index (χ0n) is 32.4. The molecule has 4 nitrogen and oxygen atoms in total. The number of nitrogens with zero attached hydrogens (tertiary/aromatic N) is 2. The summed E-state index contributed by atoms with van der Waals surface area (Å²) in [6, 6.07) is 26.1. The second-order valence-corrected chi connectivity index (χ2v) is 26.8. The van der Waals surface area contributed by atoms with Gasteiger partial charge in [-0.1, -0.05) is 27.7 Å². The Morgan fingerprint density at radius 1 is 0.923 bits per heavy atom. The molecule has 3 heterocycles.